The predicted octanol–water partition coefficient (Wildman–Crippen LogP) is 3.99. The minimum atomic E-state index is -0.266. The molecule has 0 radical (unpaired) electrons. The molecule has 0 aliphatic heterocycles. The van der Waals surface area contributed by atoms with E-state index in [9.17, 15) is 4.39 Å². The lowest BCUT2D eigenvalue weighted by atomic mass is 9.98. The van der Waals surface area contributed by atoms with Crippen molar-refractivity contribution < 1.29 is 9.13 Å². The molecule has 0 spiro atoms. The number of hydrogen-bond donors (Lipinski definition) is 1. The normalized spacial score (nSPS) is 12.2. The maximum atomic E-state index is 14.1. The Bertz CT molecular complexity index is 571. The van der Waals surface area contributed by atoms with Crippen LogP contribution in [0, 0.1) is 5.82 Å². The fourth-order valence-electron chi connectivity index (χ4n) is 2.14. The summed E-state index contributed by atoms with van der Waals surface area (Å²) in [6, 6.07) is 12.4. The summed E-state index contributed by atoms with van der Waals surface area (Å²) < 4.78 is 19.1. The topological polar surface area (TPSA) is 21.3 Å². The first-order chi connectivity index (χ1) is 9.63. The Morgan fingerprint density at radius 2 is 1.90 bits per heavy atom. The summed E-state index contributed by atoms with van der Waals surface area (Å²) in [5.74, 6) is 0.255. The van der Waals surface area contributed by atoms with Crippen LogP contribution in [0.1, 0.15) is 17.2 Å². The lowest BCUT2D eigenvalue weighted by molar-refractivity contribution is 0.409. The van der Waals surface area contributed by atoms with E-state index in [1.54, 1.807) is 12.1 Å². The number of rotatable bonds is 5. The predicted molar refractivity (Wildman–Crippen MR) is 79.9 cm³/mol. The molecule has 2 aromatic carbocycles. The van der Waals surface area contributed by atoms with Crippen LogP contribution >= 0.6 is 11.6 Å². The van der Waals surface area contributed by atoms with Gasteiger partial charge in [-0.1, -0.05) is 29.8 Å². The Kier molecular flexibility index (Phi) is 4.99. The Morgan fingerprint density at radius 3 is 2.45 bits per heavy atom. The molecule has 2 nitrogen and oxygen atoms in total. The zero-order valence-electron chi connectivity index (χ0n) is 11.5. The van der Waals surface area contributed by atoms with Gasteiger partial charge in [-0.05, 0) is 37.2 Å². The van der Waals surface area contributed by atoms with Gasteiger partial charge in [-0.3, -0.25) is 0 Å². The second kappa shape index (κ2) is 6.73. The van der Waals surface area contributed by atoms with Crippen LogP contribution in [0.25, 0.3) is 0 Å². The Labute approximate surface area is 123 Å². The molecule has 2 aromatic rings. The molecule has 0 fully saturated rings. The second-order valence-corrected chi connectivity index (χ2v) is 5.00. The van der Waals surface area contributed by atoms with Crippen LogP contribution in [0.4, 0.5) is 4.39 Å². The van der Waals surface area contributed by atoms with Crippen molar-refractivity contribution in [3.63, 3.8) is 0 Å². The van der Waals surface area contributed by atoms with Crippen molar-refractivity contribution in [2.24, 2.45) is 0 Å². The average molecular weight is 294 g/mol. The van der Waals surface area contributed by atoms with Gasteiger partial charge in [-0.15, -0.1) is 0 Å². The fourth-order valence-corrected chi connectivity index (χ4v) is 2.27. The molecule has 1 atom stereocenters. The van der Waals surface area contributed by atoms with Crippen LogP contribution < -0.4 is 10.1 Å². The quantitative estimate of drug-likeness (QED) is 0.900. The van der Waals surface area contributed by atoms with E-state index in [0.717, 1.165) is 5.56 Å². The Morgan fingerprint density at radius 1 is 1.20 bits per heavy atom. The molecule has 0 heterocycles. The number of methoxy groups -OCH3 is 1. The van der Waals surface area contributed by atoms with E-state index in [4.69, 9.17) is 16.3 Å². The SMILES string of the molecule is CNC(Cc1ccc(Cl)cc1)c1ccc(OC)cc1F. The van der Waals surface area contributed by atoms with Crippen LogP contribution in [0.5, 0.6) is 5.75 Å². The minimum absolute atomic E-state index is 0.0953. The Hall–Kier alpha value is -1.58. The first-order valence-electron chi connectivity index (χ1n) is 6.39. The lowest BCUT2D eigenvalue weighted by Gasteiger charge is -2.18. The third kappa shape index (κ3) is 3.50. The van der Waals surface area contributed by atoms with E-state index in [1.807, 2.05) is 31.3 Å². The zero-order valence-corrected chi connectivity index (χ0v) is 12.2. The van der Waals surface area contributed by atoms with Crippen molar-refractivity contribution in [1.82, 2.24) is 5.32 Å². The molecular formula is C16H17ClFNO. The van der Waals surface area contributed by atoms with Crippen molar-refractivity contribution in [3.8, 4) is 5.75 Å². The van der Waals surface area contributed by atoms with Crippen LogP contribution in [-0.4, -0.2) is 14.2 Å². The molecule has 0 bridgehead atoms. The highest BCUT2D eigenvalue weighted by Gasteiger charge is 2.15. The number of ether oxygens (including phenoxy) is 1. The van der Waals surface area contributed by atoms with Gasteiger partial charge in [-0.25, -0.2) is 4.39 Å². The van der Waals surface area contributed by atoms with Crippen molar-refractivity contribution in [3.05, 3.63) is 64.4 Å². The molecule has 0 aliphatic rings. The molecule has 0 aromatic heterocycles. The van der Waals surface area contributed by atoms with Crippen LogP contribution in [0.15, 0.2) is 42.5 Å². The molecule has 0 saturated carbocycles. The third-order valence-corrected chi connectivity index (χ3v) is 3.54. The summed E-state index contributed by atoms with van der Waals surface area (Å²) in [7, 11) is 3.35. The summed E-state index contributed by atoms with van der Waals surface area (Å²) in [6.07, 6.45) is 0.691. The van der Waals surface area contributed by atoms with Gasteiger partial charge in [0.25, 0.3) is 0 Å². The molecule has 106 valence electrons. The van der Waals surface area contributed by atoms with E-state index in [0.29, 0.717) is 22.8 Å². The zero-order chi connectivity index (χ0) is 14.5. The van der Waals surface area contributed by atoms with Gasteiger partial charge in [-0.2, -0.15) is 0 Å². The molecule has 0 amide bonds. The first kappa shape index (κ1) is 14.8. The fraction of sp³-hybridized carbons (Fsp3) is 0.250. The Balaban J connectivity index is 2.21. The summed E-state index contributed by atoms with van der Waals surface area (Å²) in [5.41, 5.74) is 1.73. The molecule has 0 saturated heterocycles. The van der Waals surface area contributed by atoms with Crippen LogP contribution in [0.2, 0.25) is 5.02 Å². The van der Waals surface area contributed by atoms with Gasteiger partial charge in [0.15, 0.2) is 0 Å². The molecule has 0 aliphatic carbocycles. The molecule has 4 heteroatoms. The van der Waals surface area contributed by atoms with Gasteiger partial charge in [0.05, 0.1) is 7.11 Å². The van der Waals surface area contributed by atoms with Crippen molar-refractivity contribution in [2.45, 2.75) is 12.5 Å². The minimum Gasteiger partial charge on any atom is -0.497 e. The molecule has 1 unspecified atom stereocenters. The maximum Gasteiger partial charge on any atom is 0.131 e. The number of likely N-dealkylation sites (N-methyl/N-ethyl adjacent to an activating group) is 1. The van der Waals surface area contributed by atoms with E-state index in [-0.39, 0.29) is 11.9 Å². The highest BCUT2D eigenvalue weighted by atomic mass is 35.5. The average Bonchev–Trinajstić information content (AvgIpc) is 2.47. The van der Waals surface area contributed by atoms with Crippen LogP contribution in [-0.2, 0) is 6.42 Å². The highest BCUT2D eigenvalue weighted by Crippen LogP contribution is 2.25. The first-order valence-corrected chi connectivity index (χ1v) is 6.77. The third-order valence-electron chi connectivity index (χ3n) is 3.28. The van der Waals surface area contributed by atoms with Gasteiger partial charge < -0.3 is 10.1 Å². The number of hydrogen-bond acceptors (Lipinski definition) is 2. The van der Waals surface area contributed by atoms with E-state index in [2.05, 4.69) is 5.32 Å². The number of benzene rings is 2. The highest BCUT2D eigenvalue weighted by molar-refractivity contribution is 6.30. The van der Waals surface area contributed by atoms with Crippen molar-refractivity contribution >= 4 is 11.6 Å². The van der Waals surface area contributed by atoms with E-state index in [1.165, 1.54) is 13.2 Å². The number of nitrogens with one attached hydrogen (secondary N) is 1. The molecule has 20 heavy (non-hydrogen) atoms. The summed E-state index contributed by atoms with van der Waals surface area (Å²) >= 11 is 5.87. The van der Waals surface area contributed by atoms with Crippen molar-refractivity contribution in [2.75, 3.05) is 14.2 Å². The van der Waals surface area contributed by atoms with Gasteiger partial charge in [0.2, 0.25) is 0 Å². The number of halogens is 2. The lowest BCUT2D eigenvalue weighted by Crippen LogP contribution is -2.20. The summed E-state index contributed by atoms with van der Waals surface area (Å²) in [4.78, 5) is 0. The molecular weight excluding hydrogens is 277 g/mol. The standard InChI is InChI=1S/C16H17ClFNO/c1-19-16(9-11-3-5-12(17)6-4-11)14-8-7-13(20-2)10-15(14)18/h3-8,10,16,19H,9H2,1-2H3. The van der Waals surface area contributed by atoms with Gasteiger partial charge >= 0.3 is 0 Å². The monoisotopic (exact) mass is 293 g/mol. The summed E-state index contributed by atoms with van der Waals surface area (Å²) in [5, 5.41) is 3.85. The smallest absolute Gasteiger partial charge is 0.131 e. The van der Waals surface area contributed by atoms with Gasteiger partial charge in [0, 0.05) is 22.7 Å². The van der Waals surface area contributed by atoms with Crippen molar-refractivity contribution in [1.29, 1.82) is 0 Å². The molecule has 2 rings (SSSR count). The van der Waals surface area contributed by atoms with Crippen LogP contribution in [0.3, 0.4) is 0 Å². The van der Waals surface area contributed by atoms with Gasteiger partial charge in [0.1, 0.15) is 11.6 Å². The van der Waals surface area contributed by atoms with E-state index < -0.39 is 0 Å². The largest absolute Gasteiger partial charge is 0.497 e. The second-order valence-electron chi connectivity index (χ2n) is 4.56. The molecule has 1 N–H and O–H groups in total. The summed E-state index contributed by atoms with van der Waals surface area (Å²) in [6.45, 7) is 0. The maximum absolute atomic E-state index is 14.1. The van der Waals surface area contributed by atoms with E-state index >= 15 is 0 Å².